The molecule has 1 saturated heterocycles. The third-order valence-corrected chi connectivity index (χ3v) is 5.14. The molecule has 0 bridgehead atoms. The number of aryl methyl sites for hydroxylation is 1. The first-order valence-electron chi connectivity index (χ1n) is 9.57. The molecule has 1 fully saturated rings. The van der Waals surface area contributed by atoms with Gasteiger partial charge >= 0.3 is 0 Å². The SMILES string of the molecule is Cn1ccnc1C1CNCCN1Cc1ccc(OCc2ccc(F)cc2)cc1. The number of hydrogen-bond acceptors (Lipinski definition) is 4. The van der Waals surface area contributed by atoms with Crippen LogP contribution in [0.25, 0.3) is 0 Å². The predicted octanol–water partition coefficient (Wildman–Crippen LogP) is 3.28. The fourth-order valence-electron chi connectivity index (χ4n) is 3.56. The summed E-state index contributed by atoms with van der Waals surface area (Å²) in [6, 6.07) is 14.9. The van der Waals surface area contributed by atoms with E-state index >= 15 is 0 Å². The van der Waals surface area contributed by atoms with Gasteiger partial charge in [0.1, 0.15) is 24.0 Å². The standard InChI is InChI=1S/C22H25FN4O/c1-26-12-11-25-22(26)21-14-24-10-13-27(21)15-17-4-8-20(9-5-17)28-16-18-2-6-19(23)7-3-18/h2-9,11-12,21,24H,10,13-16H2,1H3. The van der Waals surface area contributed by atoms with E-state index in [9.17, 15) is 4.39 Å². The second-order valence-electron chi connectivity index (χ2n) is 7.15. The molecule has 1 unspecified atom stereocenters. The molecule has 4 rings (SSSR count). The Morgan fingerprint density at radius 2 is 1.86 bits per heavy atom. The first-order chi connectivity index (χ1) is 13.7. The van der Waals surface area contributed by atoms with Gasteiger partial charge in [0.2, 0.25) is 0 Å². The minimum atomic E-state index is -0.232. The highest BCUT2D eigenvalue weighted by Crippen LogP contribution is 2.23. The van der Waals surface area contributed by atoms with Gasteiger partial charge in [0.15, 0.2) is 0 Å². The maximum Gasteiger partial charge on any atom is 0.127 e. The Bertz CT molecular complexity index is 892. The summed E-state index contributed by atoms with van der Waals surface area (Å²) in [4.78, 5) is 7.01. The average molecular weight is 380 g/mol. The highest BCUT2D eigenvalue weighted by molar-refractivity contribution is 5.28. The van der Waals surface area contributed by atoms with Crippen LogP contribution in [0.5, 0.6) is 5.75 Å². The van der Waals surface area contributed by atoms with Crippen molar-refractivity contribution in [2.75, 3.05) is 19.6 Å². The zero-order chi connectivity index (χ0) is 19.3. The number of ether oxygens (including phenoxy) is 1. The molecule has 1 atom stereocenters. The Hall–Kier alpha value is -2.70. The van der Waals surface area contributed by atoms with Crippen molar-refractivity contribution in [3.05, 3.63) is 83.7 Å². The van der Waals surface area contributed by atoms with E-state index < -0.39 is 0 Å². The first-order valence-corrected chi connectivity index (χ1v) is 9.57. The Balaban J connectivity index is 1.38. The molecule has 0 spiro atoms. The monoisotopic (exact) mass is 380 g/mol. The molecule has 1 N–H and O–H groups in total. The number of nitrogens with zero attached hydrogens (tertiary/aromatic N) is 3. The molecule has 146 valence electrons. The van der Waals surface area contributed by atoms with Crippen molar-refractivity contribution >= 4 is 0 Å². The van der Waals surface area contributed by atoms with Crippen LogP contribution in [0.4, 0.5) is 4.39 Å². The maximum atomic E-state index is 13.0. The number of aromatic nitrogens is 2. The summed E-state index contributed by atoms with van der Waals surface area (Å²) in [5.74, 6) is 1.67. The van der Waals surface area contributed by atoms with Gasteiger partial charge in [-0.2, -0.15) is 0 Å². The van der Waals surface area contributed by atoms with E-state index in [0.717, 1.165) is 43.3 Å². The van der Waals surface area contributed by atoms with E-state index in [4.69, 9.17) is 4.74 Å². The molecule has 1 aromatic heterocycles. The second kappa shape index (κ2) is 8.54. The lowest BCUT2D eigenvalue weighted by Gasteiger charge is -2.35. The molecule has 5 nitrogen and oxygen atoms in total. The van der Waals surface area contributed by atoms with Crippen molar-refractivity contribution in [2.24, 2.45) is 7.05 Å². The highest BCUT2D eigenvalue weighted by Gasteiger charge is 2.26. The molecule has 1 aliphatic rings. The summed E-state index contributed by atoms with van der Waals surface area (Å²) in [5.41, 5.74) is 2.19. The molecule has 3 aromatic rings. The Morgan fingerprint density at radius 1 is 1.11 bits per heavy atom. The minimum absolute atomic E-state index is 0.232. The van der Waals surface area contributed by atoms with Crippen molar-refractivity contribution in [1.29, 1.82) is 0 Å². The molecule has 0 aliphatic carbocycles. The van der Waals surface area contributed by atoms with Crippen LogP contribution in [0, 0.1) is 5.82 Å². The van der Waals surface area contributed by atoms with E-state index in [1.165, 1.54) is 17.7 Å². The van der Waals surface area contributed by atoms with E-state index in [1.54, 1.807) is 12.1 Å². The van der Waals surface area contributed by atoms with Crippen LogP contribution in [-0.4, -0.2) is 34.1 Å². The van der Waals surface area contributed by atoms with Gasteiger partial charge < -0.3 is 14.6 Å². The molecule has 2 heterocycles. The van der Waals surface area contributed by atoms with Gasteiger partial charge in [-0.1, -0.05) is 24.3 Å². The van der Waals surface area contributed by atoms with Gasteiger partial charge in [0.25, 0.3) is 0 Å². The summed E-state index contributed by atoms with van der Waals surface area (Å²) in [6.45, 7) is 4.18. The maximum absolute atomic E-state index is 13.0. The molecular weight excluding hydrogens is 355 g/mol. The molecule has 0 amide bonds. The lowest BCUT2D eigenvalue weighted by molar-refractivity contribution is 0.144. The summed E-state index contributed by atoms with van der Waals surface area (Å²) in [7, 11) is 2.04. The molecule has 0 radical (unpaired) electrons. The summed E-state index contributed by atoms with van der Waals surface area (Å²) in [6.07, 6.45) is 3.85. The number of nitrogens with one attached hydrogen (secondary N) is 1. The van der Waals surface area contributed by atoms with Gasteiger partial charge in [-0.05, 0) is 35.4 Å². The predicted molar refractivity (Wildman–Crippen MR) is 106 cm³/mol. The van der Waals surface area contributed by atoms with Crippen molar-refractivity contribution in [3.63, 3.8) is 0 Å². The van der Waals surface area contributed by atoms with Crippen LogP contribution >= 0.6 is 0 Å². The Labute approximate surface area is 164 Å². The van der Waals surface area contributed by atoms with E-state index in [1.807, 2.05) is 31.6 Å². The molecule has 28 heavy (non-hydrogen) atoms. The number of halogens is 1. The van der Waals surface area contributed by atoms with E-state index in [2.05, 4.69) is 31.9 Å². The van der Waals surface area contributed by atoms with Crippen molar-refractivity contribution in [1.82, 2.24) is 19.8 Å². The zero-order valence-electron chi connectivity index (χ0n) is 16.0. The third-order valence-electron chi connectivity index (χ3n) is 5.14. The third kappa shape index (κ3) is 4.40. The zero-order valence-corrected chi connectivity index (χ0v) is 16.0. The minimum Gasteiger partial charge on any atom is -0.489 e. The topological polar surface area (TPSA) is 42.3 Å². The summed E-state index contributed by atoms with van der Waals surface area (Å²) >= 11 is 0. The Kier molecular flexibility index (Phi) is 5.69. The molecule has 2 aromatic carbocycles. The van der Waals surface area contributed by atoms with Crippen molar-refractivity contribution in [3.8, 4) is 5.75 Å². The van der Waals surface area contributed by atoms with Gasteiger partial charge in [-0.25, -0.2) is 9.37 Å². The van der Waals surface area contributed by atoms with Crippen LogP contribution in [0.3, 0.4) is 0 Å². The lowest BCUT2D eigenvalue weighted by Crippen LogP contribution is -2.46. The number of hydrogen-bond donors (Lipinski definition) is 1. The van der Waals surface area contributed by atoms with Gasteiger partial charge in [-0.3, -0.25) is 4.90 Å². The van der Waals surface area contributed by atoms with Crippen LogP contribution in [0.2, 0.25) is 0 Å². The Morgan fingerprint density at radius 3 is 2.57 bits per heavy atom. The second-order valence-corrected chi connectivity index (χ2v) is 7.15. The lowest BCUT2D eigenvalue weighted by atomic mass is 10.1. The molecular formula is C22H25FN4O. The quantitative estimate of drug-likeness (QED) is 0.713. The fraction of sp³-hybridized carbons (Fsp3) is 0.318. The summed E-state index contributed by atoms with van der Waals surface area (Å²) in [5, 5.41) is 3.47. The number of benzene rings is 2. The highest BCUT2D eigenvalue weighted by atomic mass is 19.1. The number of rotatable bonds is 6. The molecule has 0 saturated carbocycles. The average Bonchev–Trinajstić information content (AvgIpc) is 3.15. The molecule has 6 heteroatoms. The van der Waals surface area contributed by atoms with Crippen LogP contribution in [0.15, 0.2) is 60.9 Å². The van der Waals surface area contributed by atoms with Crippen LogP contribution in [-0.2, 0) is 20.2 Å². The van der Waals surface area contributed by atoms with Gasteiger partial charge in [-0.15, -0.1) is 0 Å². The van der Waals surface area contributed by atoms with Crippen molar-refractivity contribution in [2.45, 2.75) is 19.2 Å². The number of piperazine rings is 1. The smallest absolute Gasteiger partial charge is 0.127 e. The van der Waals surface area contributed by atoms with Crippen molar-refractivity contribution < 1.29 is 9.13 Å². The number of imidazole rings is 1. The first kappa shape index (κ1) is 18.7. The van der Waals surface area contributed by atoms with Crippen LogP contribution < -0.4 is 10.1 Å². The normalized spacial score (nSPS) is 17.6. The fourth-order valence-corrected chi connectivity index (χ4v) is 3.56. The van der Waals surface area contributed by atoms with E-state index in [-0.39, 0.29) is 11.9 Å². The summed E-state index contributed by atoms with van der Waals surface area (Å²) < 4.78 is 20.9. The van der Waals surface area contributed by atoms with Crippen LogP contribution in [0.1, 0.15) is 23.0 Å². The van der Waals surface area contributed by atoms with Gasteiger partial charge in [0.05, 0.1) is 6.04 Å². The van der Waals surface area contributed by atoms with Gasteiger partial charge in [0, 0.05) is 45.6 Å². The molecule has 1 aliphatic heterocycles. The largest absolute Gasteiger partial charge is 0.489 e. The van der Waals surface area contributed by atoms with E-state index in [0.29, 0.717) is 6.61 Å².